The molecule has 4 rings (SSSR count). The van der Waals surface area contributed by atoms with Crippen molar-refractivity contribution in [3.63, 3.8) is 0 Å². The van der Waals surface area contributed by atoms with Crippen LogP contribution in [0.3, 0.4) is 0 Å². The molecule has 3 atom stereocenters. The summed E-state index contributed by atoms with van der Waals surface area (Å²) in [4.78, 5) is 22.1. The molecule has 2 aromatic rings. The molecule has 3 heterocycles. The third-order valence-electron chi connectivity index (χ3n) is 6.08. The average Bonchev–Trinajstić information content (AvgIpc) is 2.71. The summed E-state index contributed by atoms with van der Waals surface area (Å²) < 4.78 is 5.79. The van der Waals surface area contributed by atoms with Crippen LogP contribution in [0, 0.1) is 0 Å². The first-order valence-corrected chi connectivity index (χ1v) is 10.8. The van der Waals surface area contributed by atoms with E-state index in [0.29, 0.717) is 13.0 Å². The van der Waals surface area contributed by atoms with Gasteiger partial charge < -0.3 is 15.4 Å². The van der Waals surface area contributed by atoms with Crippen molar-refractivity contribution >= 4 is 22.5 Å². The molecule has 0 radical (unpaired) electrons. The van der Waals surface area contributed by atoms with Gasteiger partial charge in [0.15, 0.2) is 0 Å². The Labute approximate surface area is 173 Å². The van der Waals surface area contributed by atoms with Gasteiger partial charge in [0, 0.05) is 50.4 Å². The summed E-state index contributed by atoms with van der Waals surface area (Å²) in [6, 6.07) is 10.1. The van der Waals surface area contributed by atoms with Crippen LogP contribution in [0.1, 0.15) is 44.7 Å². The van der Waals surface area contributed by atoms with Crippen molar-refractivity contribution in [2.45, 2.75) is 51.2 Å². The summed E-state index contributed by atoms with van der Waals surface area (Å²) in [7, 11) is 0. The molecule has 0 saturated carbocycles. The molecule has 2 saturated heterocycles. The van der Waals surface area contributed by atoms with E-state index in [1.54, 1.807) is 0 Å². The molecule has 0 bridgehead atoms. The maximum atomic E-state index is 12.9. The Morgan fingerprint density at radius 3 is 2.76 bits per heavy atom. The molecule has 29 heavy (non-hydrogen) atoms. The molecule has 1 aromatic heterocycles. The second kappa shape index (κ2) is 8.67. The average molecular weight is 397 g/mol. The van der Waals surface area contributed by atoms with Crippen LogP contribution < -0.4 is 5.73 Å². The highest BCUT2D eigenvalue weighted by Crippen LogP contribution is 2.31. The fourth-order valence-electron chi connectivity index (χ4n) is 4.78. The zero-order chi connectivity index (χ0) is 20.4. The fraction of sp³-hybridized carbons (Fsp3) is 0.565. The van der Waals surface area contributed by atoms with Gasteiger partial charge in [0.1, 0.15) is 0 Å². The van der Waals surface area contributed by atoms with Crippen molar-refractivity contribution in [3.8, 4) is 0 Å². The number of ether oxygens (including phenoxy) is 1. The van der Waals surface area contributed by atoms with Gasteiger partial charge in [-0.05, 0) is 38.8 Å². The standard InChI is InChI=1S/C23H32N4O2/c1-16-13-26(14-17(2)29-16)11-9-22(28)27-10-5-7-19(15-27)23-20(24)12-18-6-3-4-8-21(18)25-23/h3-4,6,8,12,16-17,19H,5,7,9-11,13-15,24H2,1-2H3/t16-,17+,19-/m1/s1. The molecule has 2 aliphatic rings. The maximum absolute atomic E-state index is 12.9. The first kappa shape index (κ1) is 20.1. The fourth-order valence-corrected chi connectivity index (χ4v) is 4.78. The number of carbonyl (C=O) groups excluding carboxylic acids is 1. The number of carbonyl (C=O) groups is 1. The third-order valence-corrected chi connectivity index (χ3v) is 6.08. The van der Waals surface area contributed by atoms with Crippen LogP contribution in [-0.2, 0) is 9.53 Å². The van der Waals surface area contributed by atoms with Crippen LogP contribution in [0.2, 0.25) is 0 Å². The summed E-state index contributed by atoms with van der Waals surface area (Å²) >= 11 is 0. The number of piperidine rings is 1. The second-order valence-corrected chi connectivity index (χ2v) is 8.60. The number of nitrogen functional groups attached to an aromatic ring is 1. The maximum Gasteiger partial charge on any atom is 0.223 e. The number of pyridine rings is 1. The first-order chi connectivity index (χ1) is 14.0. The topological polar surface area (TPSA) is 71.7 Å². The van der Waals surface area contributed by atoms with E-state index in [1.165, 1.54) is 0 Å². The van der Waals surface area contributed by atoms with Gasteiger partial charge in [-0.25, -0.2) is 0 Å². The highest BCUT2D eigenvalue weighted by molar-refractivity contribution is 5.82. The lowest BCUT2D eigenvalue weighted by atomic mass is 9.92. The Morgan fingerprint density at radius 1 is 1.21 bits per heavy atom. The van der Waals surface area contributed by atoms with E-state index >= 15 is 0 Å². The SMILES string of the molecule is C[C@@H]1CN(CCC(=O)N2CCC[C@@H](c3nc4ccccc4cc3N)C2)C[C@H](C)O1. The van der Waals surface area contributed by atoms with Crippen LogP contribution in [-0.4, -0.2) is 65.6 Å². The number of aromatic nitrogens is 1. The van der Waals surface area contributed by atoms with Crippen LogP contribution in [0.4, 0.5) is 5.69 Å². The molecule has 0 unspecified atom stereocenters. The predicted octanol–water partition coefficient (Wildman–Crippen LogP) is 3.02. The molecule has 6 heteroatoms. The van der Waals surface area contributed by atoms with Gasteiger partial charge in [-0.15, -0.1) is 0 Å². The van der Waals surface area contributed by atoms with E-state index in [-0.39, 0.29) is 24.0 Å². The number of anilines is 1. The number of benzene rings is 1. The quantitative estimate of drug-likeness (QED) is 0.860. The van der Waals surface area contributed by atoms with E-state index in [1.807, 2.05) is 35.2 Å². The number of rotatable bonds is 4. The van der Waals surface area contributed by atoms with E-state index in [2.05, 4.69) is 18.7 Å². The van der Waals surface area contributed by atoms with Crippen LogP contribution in [0.25, 0.3) is 10.9 Å². The lowest BCUT2D eigenvalue weighted by molar-refractivity contribution is -0.133. The van der Waals surface area contributed by atoms with E-state index in [4.69, 9.17) is 15.5 Å². The lowest BCUT2D eigenvalue weighted by Gasteiger charge is -2.36. The Balaban J connectivity index is 1.39. The van der Waals surface area contributed by atoms with E-state index < -0.39 is 0 Å². The predicted molar refractivity (Wildman–Crippen MR) is 116 cm³/mol. The number of amides is 1. The summed E-state index contributed by atoms with van der Waals surface area (Å²) in [6.07, 6.45) is 3.05. The van der Waals surface area contributed by atoms with E-state index in [0.717, 1.165) is 61.3 Å². The zero-order valence-electron chi connectivity index (χ0n) is 17.5. The molecule has 0 aliphatic carbocycles. The summed E-state index contributed by atoms with van der Waals surface area (Å²) in [5.41, 5.74) is 8.98. The van der Waals surface area contributed by atoms with Gasteiger partial charge in [-0.1, -0.05) is 18.2 Å². The van der Waals surface area contributed by atoms with Gasteiger partial charge in [0.2, 0.25) is 5.91 Å². The van der Waals surface area contributed by atoms with Crippen LogP contribution in [0.5, 0.6) is 0 Å². The minimum atomic E-state index is 0.209. The van der Waals surface area contributed by atoms with Gasteiger partial charge >= 0.3 is 0 Å². The Kier molecular flexibility index (Phi) is 6.01. The molecule has 6 nitrogen and oxygen atoms in total. The largest absolute Gasteiger partial charge is 0.397 e. The number of hydrogen-bond acceptors (Lipinski definition) is 5. The minimum Gasteiger partial charge on any atom is -0.397 e. The van der Waals surface area contributed by atoms with Crippen molar-refractivity contribution in [2.24, 2.45) is 0 Å². The Morgan fingerprint density at radius 2 is 1.97 bits per heavy atom. The summed E-state index contributed by atoms with van der Waals surface area (Å²) in [5.74, 6) is 0.446. The molecule has 0 spiro atoms. The molecule has 2 N–H and O–H groups in total. The molecule has 2 aliphatic heterocycles. The number of nitrogens with zero attached hydrogens (tertiary/aromatic N) is 3. The van der Waals surface area contributed by atoms with Crippen LogP contribution >= 0.6 is 0 Å². The van der Waals surface area contributed by atoms with Gasteiger partial charge in [0.25, 0.3) is 0 Å². The van der Waals surface area contributed by atoms with E-state index in [9.17, 15) is 4.79 Å². The van der Waals surface area contributed by atoms with Crippen molar-refractivity contribution in [1.29, 1.82) is 0 Å². The highest BCUT2D eigenvalue weighted by atomic mass is 16.5. The number of para-hydroxylation sites is 1. The monoisotopic (exact) mass is 396 g/mol. The van der Waals surface area contributed by atoms with Gasteiger partial charge in [-0.3, -0.25) is 14.7 Å². The van der Waals surface area contributed by atoms with Crippen molar-refractivity contribution in [1.82, 2.24) is 14.8 Å². The number of hydrogen-bond donors (Lipinski definition) is 1. The van der Waals surface area contributed by atoms with Crippen molar-refractivity contribution in [3.05, 3.63) is 36.0 Å². The Bertz CT molecular complexity index is 861. The second-order valence-electron chi connectivity index (χ2n) is 8.60. The molecular formula is C23H32N4O2. The zero-order valence-corrected chi connectivity index (χ0v) is 17.5. The molecule has 1 amide bonds. The smallest absolute Gasteiger partial charge is 0.223 e. The number of likely N-dealkylation sites (tertiary alicyclic amines) is 1. The van der Waals surface area contributed by atoms with Crippen LogP contribution in [0.15, 0.2) is 30.3 Å². The number of morpholine rings is 1. The van der Waals surface area contributed by atoms with Crippen molar-refractivity contribution < 1.29 is 9.53 Å². The van der Waals surface area contributed by atoms with Gasteiger partial charge in [0.05, 0.1) is 29.1 Å². The summed E-state index contributed by atoms with van der Waals surface area (Å²) in [5, 5.41) is 1.06. The normalized spacial score (nSPS) is 26.0. The third kappa shape index (κ3) is 4.70. The molecule has 1 aromatic carbocycles. The van der Waals surface area contributed by atoms with Gasteiger partial charge in [-0.2, -0.15) is 0 Å². The van der Waals surface area contributed by atoms with Crippen molar-refractivity contribution in [2.75, 3.05) is 38.5 Å². The number of nitrogens with two attached hydrogens (primary N) is 1. The molecular weight excluding hydrogens is 364 g/mol. The molecule has 156 valence electrons. The number of fused-ring (bicyclic) bond motifs is 1. The molecule has 2 fully saturated rings. The highest BCUT2D eigenvalue weighted by Gasteiger charge is 2.28. The Hall–Kier alpha value is -2.18. The lowest BCUT2D eigenvalue weighted by Crippen LogP contribution is -2.47. The summed E-state index contributed by atoms with van der Waals surface area (Å²) in [6.45, 7) is 8.34. The first-order valence-electron chi connectivity index (χ1n) is 10.8. The minimum absolute atomic E-state index is 0.209.